The van der Waals surface area contributed by atoms with Crippen molar-refractivity contribution in [1.82, 2.24) is 10.2 Å². The maximum atomic E-state index is 11.6. The van der Waals surface area contributed by atoms with Gasteiger partial charge in [-0.15, -0.1) is 0 Å². The van der Waals surface area contributed by atoms with E-state index in [1.807, 2.05) is 20.9 Å². The Balaban J connectivity index is 2.20. The summed E-state index contributed by atoms with van der Waals surface area (Å²) < 4.78 is 5.56. The molecular weight excluding hydrogens is 192 g/mol. The van der Waals surface area contributed by atoms with Crippen molar-refractivity contribution in [2.75, 3.05) is 26.7 Å². The molecule has 1 N–H and O–H groups in total. The highest BCUT2D eigenvalue weighted by Crippen LogP contribution is 2.06. The molecule has 0 bridgehead atoms. The van der Waals surface area contributed by atoms with E-state index >= 15 is 0 Å². The van der Waals surface area contributed by atoms with E-state index in [1.54, 1.807) is 4.90 Å². The van der Waals surface area contributed by atoms with Crippen LogP contribution in [-0.4, -0.2) is 49.7 Å². The van der Waals surface area contributed by atoms with Gasteiger partial charge in [-0.1, -0.05) is 0 Å². The molecule has 0 saturated carbocycles. The fraction of sp³-hybridized carbons (Fsp3) is 0.909. The smallest absolute Gasteiger partial charge is 0.248 e. The van der Waals surface area contributed by atoms with Crippen LogP contribution in [0.25, 0.3) is 0 Å². The third-order valence-corrected chi connectivity index (χ3v) is 2.86. The van der Waals surface area contributed by atoms with Gasteiger partial charge >= 0.3 is 0 Å². The standard InChI is InChI=1S/C11H22N2O2/c1-9(2)13(3)11(14)8-15-10-5-4-6-12-7-10/h9-10,12H,4-8H2,1-3H3/t10-/m0/s1. The molecule has 1 saturated heterocycles. The molecule has 4 nitrogen and oxygen atoms in total. The summed E-state index contributed by atoms with van der Waals surface area (Å²) in [6.07, 6.45) is 2.41. The van der Waals surface area contributed by atoms with Gasteiger partial charge in [0.15, 0.2) is 0 Å². The van der Waals surface area contributed by atoms with Crippen LogP contribution in [-0.2, 0) is 9.53 Å². The molecule has 1 aliphatic heterocycles. The first kappa shape index (κ1) is 12.5. The van der Waals surface area contributed by atoms with Crippen LogP contribution in [0.3, 0.4) is 0 Å². The molecule has 0 aliphatic carbocycles. The van der Waals surface area contributed by atoms with Crippen LogP contribution in [0.4, 0.5) is 0 Å². The molecule has 4 heteroatoms. The highest BCUT2D eigenvalue weighted by atomic mass is 16.5. The summed E-state index contributed by atoms with van der Waals surface area (Å²) in [6.45, 7) is 6.15. The molecule has 1 heterocycles. The lowest BCUT2D eigenvalue weighted by molar-refractivity contribution is -0.138. The normalized spacial score (nSPS) is 21.7. The first-order chi connectivity index (χ1) is 7.11. The molecule has 1 atom stereocenters. The minimum absolute atomic E-state index is 0.0653. The van der Waals surface area contributed by atoms with Crippen molar-refractivity contribution in [3.63, 3.8) is 0 Å². The predicted octanol–water partition coefficient (Wildman–Crippen LogP) is 0.622. The molecule has 15 heavy (non-hydrogen) atoms. The van der Waals surface area contributed by atoms with Crippen molar-refractivity contribution in [2.45, 2.75) is 38.8 Å². The van der Waals surface area contributed by atoms with Gasteiger partial charge in [-0.3, -0.25) is 4.79 Å². The van der Waals surface area contributed by atoms with E-state index in [4.69, 9.17) is 4.74 Å². The minimum atomic E-state index is 0.0653. The van der Waals surface area contributed by atoms with Crippen molar-refractivity contribution >= 4 is 5.91 Å². The summed E-state index contributed by atoms with van der Waals surface area (Å²) in [6, 6.07) is 0.241. The van der Waals surface area contributed by atoms with E-state index in [9.17, 15) is 4.79 Å². The summed E-state index contributed by atoms with van der Waals surface area (Å²) in [5, 5.41) is 3.26. The Morgan fingerprint density at radius 2 is 2.33 bits per heavy atom. The summed E-state index contributed by atoms with van der Waals surface area (Å²) in [7, 11) is 1.81. The van der Waals surface area contributed by atoms with Crippen molar-refractivity contribution in [1.29, 1.82) is 0 Å². The molecule has 0 aromatic carbocycles. The van der Waals surface area contributed by atoms with Crippen LogP contribution in [0.2, 0.25) is 0 Å². The van der Waals surface area contributed by atoms with E-state index < -0.39 is 0 Å². The number of likely N-dealkylation sites (N-methyl/N-ethyl adjacent to an activating group) is 1. The number of nitrogens with zero attached hydrogens (tertiary/aromatic N) is 1. The number of ether oxygens (including phenoxy) is 1. The third-order valence-electron chi connectivity index (χ3n) is 2.86. The molecule has 1 rings (SSSR count). The van der Waals surface area contributed by atoms with Crippen LogP contribution in [0.5, 0.6) is 0 Å². The zero-order valence-electron chi connectivity index (χ0n) is 9.95. The van der Waals surface area contributed by atoms with E-state index in [0.29, 0.717) is 0 Å². The second-order valence-corrected chi connectivity index (χ2v) is 4.38. The number of carbonyl (C=O) groups excluding carboxylic acids is 1. The first-order valence-corrected chi connectivity index (χ1v) is 5.69. The molecule has 1 fully saturated rings. The Hall–Kier alpha value is -0.610. The molecule has 0 radical (unpaired) electrons. The zero-order chi connectivity index (χ0) is 11.3. The second-order valence-electron chi connectivity index (χ2n) is 4.38. The molecule has 0 spiro atoms. The monoisotopic (exact) mass is 214 g/mol. The molecule has 0 unspecified atom stereocenters. The van der Waals surface area contributed by atoms with Crippen LogP contribution in [0.1, 0.15) is 26.7 Å². The van der Waals surface area contributed by atoms with Gasteiger partial charge in [0, 0.05) is 19.6 Å². The first-order valence-electron chi connectivity index (χ1n) is 5.69. The van der Waals surface area contributed by atoms with Gasteiger partial charge in [0.2, 0.25) is 5.91 Å². The molecule has 0 aromatic rings. The highest BCUT2D eigenvalue weighted by Gasteiger charge is 2.17. The van der Waals surface area contributed by atoms with Gasteiger partial charge in [-0.25, -0.2) is 0 Å². The van der Waals surface area contributed by atoms with Crippen molar-refractivity contribution < 1.29 is 9.53 Å². The van der Waals surface area contributed by atoms with Crippen LogP contribution in [0.15, 0.2) is 0 Å². The zero-order valence-corrected chi connectivity index (χ0v) is 9.95. The summed E-state index contributed by atoms with van der Waals surface area (Å²) in [4.78, 5) is 13.3. The van der Waals surface area contributed by atoms with Gasteiger partial charge < -0.3 is 15.0 Å². The van der Waals surface area contributed by atoms with Crippen LogP contribution < -0.4 is 5.32 Å². The summed E-state index contributed by atoms with van der Waals surface area (Å²) in [5.74, 6) is 0.0653. The number of rotatable bonds is 4. The van der Waals surface area contributed by atoms with E-state index in [0.717, 1.165) is 25.9 Å². The SMILES string of the molecule is CC(C)N(C)C(=O)CO[C@H]1CCCNC1. The van der Waals surface area contributed by atoms with Crippen molar-refractivity contribution in [2.24, 2.45) is 0 Å². The van der Waals surface area contributed by atoms with Crippen LogP contribution >= 0.6 is 0 Å². The van der Waals surface area contributed by atoms with Crippen molar-refractivity contribution in [3.8, 4) is 0 Å². The van der Waals surface area contributed by atoms with Gasteiger partial charge in [-0.2, -0.15) is 0 Å². The Morgan fingerprint density at radius 1 is 1.60 bits per heavy atom. The quantitative estimate of drug-likeness (QED) is 0.746. The second kappa shape index (κ2) is 6.08. The minimum Gasteiger partial charge on any atom is -0.367 e. The summed E-state index contributed by atoms with van der Waals surface area (Å²) >= 11 is 0. The van der Waals surface area contributed by atoms with E-state index in [1.165, 1.54) is 0 Å². The summed E-state index contributed by atoms with van der Waals surface area (Å²) in [5.41, 5.74) is 0. The molecule has 88 valence electrons. The fourth-order valence-corrected chi connectivity index (χ4v) is 1.54. The average molecular weight is 214 g/mol. The molecular formula is C11H22N2O2. The average Bonchev–Trinajstić information content (AvgIpc) is 2.26. The number of amides is 1. The number of piperidine rings is 1. The largest absolute Gasteiger partial charge is 0.367 e. The number of carbonyl (C=O) groups is 1. The van der Waals surface area contributed by atoms with E-state index in [2.05, 4.69) is 5.32 Å². The van der Waals surface area contributed by atoms with Gasteiger partial charge in [0.1, 0.15) is 6.61 Å². The molecule has 1 aliphatic rings. The Morgan fingerprint density at radius 3 is 2.87 bits per heavy atom. The Kier molecular flexibility index (Phi) is 5.05. The number of nitrogens with one attached hydrogen (secondary N) is 1. The predicted molar refractivity (Wildman–Crippen MR) is 59.7 cm³/mol. The van der Waals surface area contributed by atoms with Gasteiger partial charge in [0.25, 0.3) is 0 Å². The lowest BCUT2D eigenvalue weighted by atomic mass is 10.1. The molecule has 1 amide bonds. The Bertz CT molecular complexity index is 201. The Labute approximate surface area is 92.0 Å². The van der Waals surface area contributed by atoms with Crippen molar-refractivity contribution in [3.05, 3.63) is 0 Å². The topological polar surface area (TPSA) is 41.6 Å². The maximum absolute atomic E-state index is 11.6. The third kappa shape index (κ3) is 4.18. The lowest BCUT2D eigenvalue weighted by Crippen LogP contribution is -2.40. The highest BCUT2D eigenvalue weighted by molar-refractivity contribution is 5.77. The number of hydrogen-bond donors (Lipinski definition) is 1. The lowest BCUT2D eigenvalue weighted by Gasteiger charge is -2.25. The van der Waals surface area contributed by atoms with E-state index in [-0.39, 0.29) is 24.7 Å². The van der Waals surface area contributed by atoms with Gasteiger partial charge in [-0.05, 0) is 33.2 Å². The maximum Gasteiger partial charge on any atom is 0.248 e. The fourth-order valence-electron chi connectivity index (χ4n) is 1.54. The number of hydrogen-bond acceptors (Lipinski definition) is 3. The molecule has 0 aromatic heterocycles. The van der Waals surface area contributed by atoms with Gasteiger partial charge in [0.05, 0.1) is 6.10 Å². The van der Waals surface area contributed by atoms with Crippen LogP contribution in [0, 0.1) is 0 Å².